The Hall–Kier alpha value is -3.67. The van der Waals surface area contributed by atoms with Crippen molar-refractivity contribution in [2.45, 2.75) is 32.7 Å². The zero-order chi connectivity index (χ0) is 22.9. The zero-order valence-corrected chi connectivity index (χ0v) is 18.8. The van der Waals surface area contributed by atoms with Gasteiger partial charge in [0.25, 0.3) is 0 Å². The fraction of sp³-hybridized carbons (Fsp3) is 0.259. The maximum atomic E-state index is 13.3. The van der Waals surface area contributed by atoms with Crippen molar-refractivity contribution in [3.63, 3.8) is 0 Å². The standard InChI is InChI=1S/C27H26FN3O2/c1-18-13-19(2)15-23(14-18)33-12-11-30-25-6-4-3-5-24(25)29-27(30)20-16-26(32)31(17-20)22-9-7-21(28)8-10-22/h3-10,13-15,20H,11-12,16-17H2,1-2H3. The van der Waals surface area contributed by atoms with Gasteiger partial charge in [-0.2, -0.15) is 0 Å². The van der Waals surface area contributed by atoms with Crippen LogP contribution in [0.15, 0.2) is 66.7 Å². The third-order valence-corrected chi connectivity index (χ3v) is 6.09. The molecule has 1 amide bonds. The molecule has 1 saturated heterocycles. The lowest BCUT2D eigenvalue weighted by molar-refractivity contribution is -0.117. The van der Waals surface area contributed by atoms with E-state index >= 15 is 0 Å². The Balaban J connectivity index is 1.40. The summed E-state index contributed by atoms with van der Waals surface area (Å²) in [5, 5.41) is 0. The smallest absolute Gasteiger partial charge is 0.227 e. The monoisotopic (exact) mass is 443 g/mol. The summed E-state index contributed by atoms with van der Waals surface area (Å²) in [6.07, 6.45) is 0.374. The number of hydrogen-bond acceptors (Lipinski definition) is 3. The molecule has 0 aliphatic carbocycles. The van der Waals surface area contributed by atoms with E-state index in [9.17, 15) is 9.18 Å². The molecule has 0 N–H and O–H groups in total. The van der Waals surface area contributed by atoms with Crippen LogP contribution in [0.2, 0.25) is 0 Å². The number of nitrogens with zero attached hydrogens (tertiary/aromatic N) is 3. The Morgan fingerprint density at radius 3 is 2.52 bits per heavy atom. The molecule has 4 aromatic rings. The van der Waals surface area contributed by atoms with Crippen molar-refractivity contribution in [3.05, 3.63) is 89.5 Å². The molecule has 0 bridgehead atoms. The number of ether oxygens (including phenoxy) is 1. The molecule has 0 saturated carbocycles. The molecule has 2 heterocycles. The van der Waals surface area contributed by atoms with Gasteiger partial charge in [-0.15, -0.1) is 0 Å². The molecule has 33 heavy (non-hydrogen) atoms. The number of imidazole rings is 1. The number of rotatable bonds is 6. The van der Waals surface area contributed by atoms with E-state index in [1.54, 1.807) is 17.0 Å². The lowest BCUT2D eigenvalue weighted by Crippen LogP contribution is -2.24. The number of amides is 1. The number of halogens is 1. The van der Waals surface area contributed by atoms with Crippen LogP contribution in [0.1, 0.15) is 29.3 Å². The third kappa shape index (κ3) is 4.33. The average molecular weight is 444 g/mol. The van der Waals surface area contributed by atoms with Crippen LogP contribution in [0, 0.1) is 19.7 Å². The second-order valence-corrected chi connectivity index (χ2v) is 8.66. The van der Waals surface area contributed by atoms with Gasteiger partial charge in [-0.05, 0) is 73.5 Å². The summed E-state index contributed by atoms with van der Waals surface area (Å²) in [7, 11) is 0. The van der Waals surface area contributed by atoms with Crippen molar-refractivity contribution in [3.8, 4) is 5.75 Å². The number of aryl methyl sites for hydroxylation is 2. The maximum absolute atomic E-state index is 13.3. The summed E-state index contributed by atoms with van der Waals surface area (Å²) in [5.74, 6) is 1.41. The van der Waals surface area contributed by atoms with E-state index in [0.29, 0.717) is 31.8 Å². The topological polar surface area (TPSA) is 47.4 Å². The highest BCUT2D eigenvalue weighted by Crippen LogP contribution is 2.33. The number of carbonyl (C=O) groups excluding carboxylic acids is 1. The van der Waals surface area contributed by atoms with E-state index in [0.717, 1.165) is 22.6 Å². The molecule has 3 aromatic carbocycles. The number of fused-ring (bicyclic) bond motifs is 1. The number of hydrogen-bond donors (Lipinski definition) is 0. The Morgan fingerprint density at radius 2 is 1.76 bits per heavy atom. The van der Waals surface area contributed by atoms with Crippen molar-refractivity contribution < 1.29 is 13.9 Å². The molecule has 1 unspecified atom stereocenters. The first-order valence-electron chi connectivity index (χ1n) is 11.2. The van der Waals surface area contributed by atoms with Gasteiger partial charge in [0.2, 0.25) is 5.91 Å². The predicted molar refractivity (Wildman–Crippen MR) is 127 cm³/mol. The lowest BCUT2D eigenvalue weighted by Gasteiger charge is -2.17. The van der Waals surface area contributed by atoms with E-state index in [4.69, 9.17) is 9.72 Å². The van der Waals surface area contributed by atoms with Gasteiger partial charge in [0.05, 0.1) is 17.6 Å². The van der Waals surface area contributed by atoms with Gasteiger partial charge in [-0.1, -0.05) is 18.2 Å². The van der Waals surface area contributed by atoms with Crippen molar-refractivity contribution in [2.75, 3.05) is 18.1 Å². The molecule has 1 aromatic heterocycles. The molecule has 1 aliphatic rings. The van der Waals surface area contributed by atoms with Gasteiger partial charge >= 0.3 is 0 Å². The fourth-order valence-electron chi connectivity index (χ4n) is 4.66. The largest absolute Gasteiger partial charge is 0.492 e. The molecule has 1 aliphatic heterocycles. The summed E-state index contributed by atoms with van der Waals surface area (Å²) in [4.78, 5) is 19.4. The molecule has 5 nitrogen and oxygen atoms in total. The molecule has 6 heteroatoms. The van der Waals surface area contributed by atoms with E-state index in [1.165, 1.54) is 23.3 Å². The minimum atomic E-state index is -0.312. The highest BCUT2D eigenvalue weighted by Gasteiger charge is 2.34. The maximum Gasteiger partial charge on any atom is 0.227 e. The van der Waals surface area contributed by atoms with E-state index < -0.39 is 0 Å². The van der Waals surface area contributed by atoms with Crippen molar-refractivity contribution in [2.24, 2.45) is 0 Å². The molecular weight excluding hydrogens is 417 g/mol. The van der Waals surface area contributed by atoms with Crippen LogP contribution < -0.4 is 9.64 Å². The third-order valence-electron chi connectivity index (χ3n) is 6.09. The van der Waals surface area contributed by atoms with Crippen LogP contribution >= 0.6 is 0 Å². The fourth-order valence-corrected chi connectivity index (χ4v) is 4.66. The van der Waals surface area contributed by atoms with Gasteiger partial charge in [-0.3, -0.25) is 4.79 Å². The van der Waals surface area contributed by atoms with Crippen LogP contribution in [-0.4, -0.2) is 28.6 Å². The van der Waals surface area contributed by atoms with Gasteiger partial charge in [0, 0.05) is 24.6 Å². The number of anilines is 1. The van der Waals surface area contributed by atoms with Crippen LogP contribution in [-0.2, 0) is 11.3 Å². The number of para-hydroxylation sites is 2. The highest BCUT2D eigenvalue weighted by molar-refractivity contribution is 5.96. The van der Waals surface area contributed by atoms with Crippen molar-refractivity contribution >= 4 is 22.6 Å². The highest BCUT2D eigenvalue weighted by atomic mass is 19.1. The van der Waals surface area contributed by atoms with Gasteiger partial charge in [-0.25, -0.2) is 9.37 Å². The summed E-state index contributed by atoms with van der Waals surface area (Å²) in [6.45, 7) is 5.77. The average Bonchev–Trinajstić information content (AvgIpc) is 3.34. The van der Waals surface area contributed by atoms with Gasteiger partial charge in [0.1, 0.15) is 24.0 Å². The Morgan fingerprint density at radius 1 is 1.03 bits per heavy atom. The molecule has 1 fully saturated rings. The summed E-state index contributed by atoms with van der Waals surface area (Å²) in [6, 6.07) is 20.3. The Kier molecular flexibility index (Phi) is 5.58. The van der Waals surface area contributed by atoms with Crippen molar-refractivity contribution in [1.82, 2.24) is 9.55 Å². The first-order chi connectivity index (χ1) is 16.0. The Labute approximate surface area is 192 Å². The molecule has 0 spiro atoms. The first-order valence-corrected chi connectivity index (χ1v) is 11.2. The molecule has 1 atom stereocenters. The van der Waals surface area contributed by atoms with E-state index in [1.807, 2.05) is 30.3 Å². The number of aromatic nitrogens is 2. The number of benzene rings is 3. The molecule has 0 radical (unpaired) electrons. The van der Waals surface area contributed by atoms with Crippen LogP contribution in [0.5, 0.6) is 5.75 Å². The second kappa shape index (κ2) is 8.70. The summed E-state index contributed by atoms with van der Waals surface area (Å²) < 4.78 is 21.6. The first kappa shape index (κ1) is 21.2. The summed E-state index contributed by atoms with van der Waals surface area (Å²) in [5.41, 5.74) is 4.99. The lowest BCUT2D eigenvalue weighted by atomic mass is 10.1. The Bertz CT molecular complexity index is 1290. The van der Waals surface area contributed by atoms with Crippen LogP contribution in [0.4, 0.5) is 10.1 Å². The minimum Gasteiger partial charge on any atom is -0.492 e. The van der Waals surface area contributed by atoms with Gasteiger partial charge < -0.3 is 14.2 Å². The SMILES string of the molecule is Cc1cc(C)cc(OCCn2c(C3CC(=O)N(c4ccc(F)cc4)C3)nc3ccccc32)c1. The normalized spacial score (nSPS) is 16.0. The quantitative estimate of drug-likeness (QED) is 0.401. The van der Waals surface area contributed by atoms with E-state index in [2.05, 4.69) is 30.5 Å². The van der Waals surface area contributed by atoms with Gasteiger partial charge in [0.15, 0.2) is 0 Å². The molecule has 168 valence electrons. The molecular formula is C27H26FN3O2. The van der Waals surface area contributed by atoms with Crippen molar-refractivity contribution in [1.29, 1.82) is 0 Å². The zero-order valence-electron chi connectivity index (χ0n) is 18.8. The van der Waals surface area contributed by atoms with Crippen LogP contribution in [0.25, 0.3) is 11.0 Å². The minimum absolute atomic E-state index is 0.0247. The summed E-state index contributed by atoms with van der Waals surface area (Å²) >= 11 is 0. The second-order valence-electron chi connectivity index (χ2n) is 8.66. The molecule has 5 rings (SSSR count). The van der Waals surface area contributed by atoms with E-state index in [-0.39, 0.29) is 17.6 Å². The number of carbonyl (C=O) groups is 1. The van der Waals surface area contributed by atoms with Crippen LogP contribution in [0.3, 0.4) is 0 Å². The predicted octanol–water partition coefficient (Wildman–Crippen LogP) is 5.39.